The first kappa shape index (κ1) is 23.1. The van der Waals surface area contributed by atoms with Gasteiger partial charge in [-0.3, -0.25) is 9.59 Å². The van der Waals surface area contributed by atoms with E-state index in [0.717, 1.165) is 5.56 Å². The number of nitrogens with two attached hydrogens (primary N) is 1. The number of nitrogen functional groups attached to an aromatic ring is 1. The monoisotopic (exact) mass is 408 g/mol. The largest absolute Gasteiger partial charge is 0.493 e. The third kappa shape index (κ3) is 5.53. The number of nitrogens with one attached hydrogen (secondary N) is 1. The topological polar surface area (TPSA) is 99.9 Å². The molecule has 0 aliphatic rings. The SMILES string of the molecule is COC(=O)CC(NC(=O)c1cc(N)ccc1C)c1ccc(OC)c(OC)c1.Cl. The zero-order valence-electron chi connectivity index (χ0n) is 16.3. The molecule has 0 bridgehead atoms. The smallest absolute Gasteiger partial charge is 0.307 e. The summed E-state index contributed by atoms with van der Waals surface area (Å²) in [6.07, 6.45) is -0.0287. The number of halogens is 1. The van der Waals surface area contributed by atoms with Gasteiger partial charge in [-0.2, -0.15) is 0 Å². The second kappa shape index (κ2) is 10.4. The average Bonchev–Trinajstić information content (AvgIpc) is 2.68. The molecule has 0 heterocycles. The van der Waals surface area contributed by atoms with Crippen LogP contribution in [0.25, 0.3) is 0 Å². The molecular weight excluding hydrogens is 384 g/mol. The molecule has 7 nitrogen and oxygen atoms in total. The third-order valence-electron chi connectivity index (χ3n) is 4.22. The second-order valence-electron chi connectivity index (χ2n) is 6.00. The first-order valence-electron chi connectivity index (χ1n) is 8.35. The fourth-order valence-corrected chi connectivity index (χ4v) is 2.69. The molecule has 0 aliphatic heterocycles. The van der Waals surface area contributed by atoms with E-state index in [2.05, 4.69) is 5.32 Å². The average molecular weight is 409 g/mol. The van der Waals surface area contributed by atoms with E-state index in [9.17, 15) is 9.59 Å². The van der Waals surface area contributed by atoms with Gasteiger partial charge in [-0.25, -0.2) is 0 Å². The van der Waals surface area contributed by atoms with Crippen LogP contribution in [0.15, 0.2) is 36.4 Å². The van der Waals surface area contributed by atoms with Gasteiger partial charge in [-0.05, 0) is 42.3 Å². The number of hydrogen-bond donors (Lipinski definition) is 2. The third-order valence-corrected chi connectivity index (χ3v) is 4.22. The number of hydrogen-bond acceptors (Lipinski definition) is 6. The molecule has 0 aromatic heterocycles. The minimum absolute atomic E-state index is 0. The minimum Gasteiger partial charge on any atom is -0.493 e. The molecule has 0 saturated heterocycles. The molecule has 0 saturated carbocycles. The van der Waals surface area contributed by atoms with Gasteiger partial charge in [-0.15, -0.1) is 12.4 Å². The summed E-state index contributed by atoms with van der Waals surface area (Å²) in [5.74, 6) is 0.276. The number of anilines is 1. The maximum absolute atomic E-state index is 12.8. The van der Waals surface area contributed by atoms with Crippen molar-refractivity contribution in [2.45, 2.75) is 19.4 Å². The molecule has 2 aromatic rings. The number of carbonyl (C=O) groups excluding carboxylic acids is 2. The van der Waals surface area contributed by atoms with Gasteiger partial charge in [0, 0.05) is 11.3 Å². The predicted molar refractivity (Wildman–Crippen MR) is 109 cm³/mol. The number of rotatable bonds is 7. The standard InChI is InChI=1S/C20H24N2O5.ClH/c1-12-5-7-14(21)10-15(12)20(24)22-16(11-19(23)27-4)13-6-8-17(25-2)18(9-13)26-3;/h5-10,16H,11,21H2,1-4H3,(H,22,24);1H. The van der Waals surface area contributed by atoms with Crippen LogP contribution in [0.5, 0.6) is 11.5 Å². The molecular formula is C20H25ClN2O5. The molecule has 2 rings (SSSR count). The Morgan fingerprint density at radius 3 is 2.32 bits per heavy atom. The number of esters is 1. The first-order valence-corrected chi connectivity index (χ1v) is 8.35. The van der Waals surface area contributed by atoms with Crippen molar-refractivity contribution in [1.29, 1.82) is 0 Å². The summed E-state index contributed by atoms with van der Waals surface area (Å²) in [5.41, 5.74) is 8.20. The van der Waals surface area contributed by atoms with Crippen molar-refractivity contribution in [2.24, 2.45) is 0 Å². The van der Waals surface area contributed by atoms with Gasteiger partial charge >= 0.3 is 5.97 Å². The van der Waals surface area contributed by atoms with Gasteiger partial charge < -0.3 is 25.3 Å². The maximum Gasteiger partial charge on any atom is 0.307 e. The van der Waals surface area contributed by atoms with Crippen LogP contribution in [0.4, 0.5) is 5.69 Å². The molecule has 28 heavy (non-hydrogen) atoms. The molecule has 1 unspecified atom stereocenters. The molecule has 0 fully saturated rings. The normalized spacial score (nSPS) is 11.0. The Hall–Kier alpha value is -2.93. The van der Waals surface area contributed by atoms with E-state index >= 15 is 0 Å². The summed E-state index contributed by atoms with van der Waals surface area (Å²) >= 11 is 0. The van der Waals surface area contributed by atoms with Gasteiger partial charge in [0.15, 0.2) is 11.5 Å². The van der Waals surface area contributed by atoms with Crippen LogP contribution in [0.3, 0.4) is 0 Å². The van der Waals surface area contributed by atoms with Crippen molar-refractivity contribution in [3.8, 4) is 11.5 Å². The fourth-order valence-electron chi connectivity index (χ4n) is 2.69. The molecule has 1 amide bonds. The molecule has 2 aromatic carbocycles. The zero-order valence-corrected chi connectivity index (χ0v) is 17.1. The lowest BCUT2D eigenvalue weighted by Crippen LogP contribution is -2.31. The molecule has 8 heteroatoms. The summed E-state index contributed by atoms with van der Waals surface area (Å²) in [6.45, 7) is 1.82. The zero-order chi connectivity index (χ0) is 20.0. The molecule has 0 radical (unpaired) electrons. The first-order chi connectivity index (χ1) is 12.9. The Morgan fingerprint density at radius 1 is 1.04 bits per heavy atom. The lowest BCUT2D eigenvalue weighted by Gasteiger charge is -2.20. The number of ether oxygens (including phenoxy) is 3. The second-order valence-corrected chi connectivity index (χ2v) is 6.00. The van der Waals surface area contributed by atoms with Crippen molar-refractivity contribution in [3.63, 3.8) is 0 Å². The van der Waals surface area contributed by atoms with Gasteiger partial charge in [0.05, 0.1) is 33.8 Å². The highest BCUT2D eigenvalue weighted by Gasteiger charge is 2.22. The van der Waals surface area contributed by atoms with Crippen LogP contribution in [-0.4, -0.2) is 33.2 Å². The van der Waals surface area contributed by atoms with Gasteiger partial charge in [0.1, 0.15) is 0 Å². The van der Waals surface area contributed by atoms with Crippen molar-refractivity contribution < 1.29 is 23.8 Å². The summed E-state index contributed by atoms with van der Waals surface area (Å²) in [6, 6.07) is 9.71. The molecule has 1 atom stereocenters. The lowest BCUT2D eigenvalue weighted by atomic mass is 10.0. The molecule has 0 spiro atoms. The van der Waals surface area contributed by atoms with E-state index in [-0.39, 0.29) is 24.7 Å². The Labute approximate surface area is 170 Å². The van der Waals surface area contributed by atoms with E-state index in [1.54, 1.807) is 36.4 Å². The van der Waals surface area contributed by atoms with E-state index in [0.29, 0.717) is 28.3 Å². The number of amides is 1. The van der Waals surface area contributed by atoms with Gasteiger partial charge in [0.25, 0.3) is 5.91 Å². The van der Waals surface area contributed by atoms with Crippen molar-refractivity contribution in [2.75, 3.05) is 27.1 Å². The van der Waals surface area contributed by atoms with Crippen molar-refractivity contribution in [3.05, 3.63) is 53.1 Å². The van der Waals surface area contributed by atoms with E-state index in [4.69, 9.17) is 19.9 Å². The van der Waals surface area contributed by atoms with Crippen LogP contribution < -0.4 is 20.5 Å². The Balaban J connectivity index is 0.00000392. The van der Waals surface area contributed by atoms with E-state index < -0.39 is 12.0 Å². The van der Waals surface area contributed by atoms with Crippen LogP contribution in [-0.2, 0) is 9.53 Å². The fraction of sp³-hybridized carbons (Fsp3) is 0.300. The number of aryl methyl sites for hydroxylation is 1. The van der Waals surface area contributed by atoms with Crippen LogP contribution in [0.2, 0.25) is 0 Å². The summed E-state index contributed by atoms with van der Waals surface area (Å²) in [7, 11) is 4.36. The van der Waals surface area contributed by atoms with Crippen LogP contribution >= 0.6 is 12.4 Å². The van der Waals surface area contributed by atoms with Crippen molar-refractivity contribution in [1.82, 2.24) is 5.32 Å². The highest BCUT2D eigenvalue weighted by molar-refractivity contribution is 5.97. The number of benzene rings is 2. The predicted octanol–water partition coefficient (Wildman–Crippen LogP) is 3.05. The van der Waals surface area contributed by atoms with Gasteiger partial charge in [0.2, 0.25) is 0 Å². The maximum atomic E-state index is 12.8. The van der Waals surface area contributed by atoms with Crippen LogP contribution in [0, 0.1) is 6.92 Å². The van der Waals surface area contributed by atoms with E-state index in [1.807, 2.05) is 6.92 Å². The lowest BCUT2D eigenvalue weighted by molar-refractivity contribution is -0.141. The minimum atomic E-state index is -0.606. The Kier molecular flexibility index (Phi) is 8.60. The summed E-state index contributed by atoms with van der Waals surface area (Å²) in [4.78, 5) is 24.6. The quantitative estimate of drug-likeness (QED) is 0.539. The van der Waals surface area contributed by atoms with Crippen molar-refractivity contribution >= 4 is 30.0 Å². The molecule has 3 N–H and O–H groups in total. The van der Waals surface area contributed by atoms with Gasteiger partial charge in [-0.1, -0.05) is 12.1 Å². The Morgan fingerprint density at radius 2 is 1.71 bits per heavy atom. The Bertz CT molecular complexity index is 841. The number of methoxy groups -OCH3 is 3. The summed E-state index contributed by atoms with van der Waals surface area (Å²) in [5, 5.41) is 2.88. The summed E-state index contributed by atoms with van der Waals surface area (Å²) < 4.78 is 15.3. The highest BCUT2D eigenvalue weighted by Crippen LogP contribution is 2.31. The highest BCUT2D eigenvalue weighted by atomic mass is 35.5. The number of carbonyl (C=O) groups is 2. The van der Waals surface area contributed by atoms with E-state index in [1.165, 1.54) is 21.3 Å². The molecule has 0 aliphatic carbocycles. The molecule has 152 valence electrons. The van der Waals surface area contributed by atoms with Crippen LogP contribution in [0.1, 0.15) is 33.9 Å².